The molecule has 4 heteroatoms. The molecule has 4 nitrogen and oxygen atoms in total. The van der Waals surface area contributed by atoms with E-state index in [0.29, 0.717) is 17.9 Å². The van der Waals surface area contributed by atoms with Gasteiger partial charge in [-0.1, -0.05) is 18.9 Å². The Hall–Kier alpha value is -1.55. The molecule has 0 spiro atoms. The molecule has 1 aromatic rings. The van der Waals surface area contributed by atoms with Gasteiger partial charge in [0.2, 0.25) is 0 Å². The van der Waals surface area contributed by atoms with Crippen molar-refractivity contribution in [2.45, 2.75) is 25.7 Å². The van der Waals surface area contributed by atoms with E-state index in [2.05, 4.69) is 5.32 Å². The van der Waals surface area contributed by atoms with Crippen molar-refractivity contribution in [2.24, 2.45) is 0 Å². The fraction of sp³-hybridized carbons (Fsp3) is 0.500. The zero-order valence-electron chi connectivity index (χ0n) is 10.8. The predicted molar refractivity (Wildman–Crippen MR) is 70.9 cm³/mol. The number of benzene rings is 1. The molecule has 2 N–H and O–H groups in total. The van der Waals surface area contributed by atoms with Crippen molar-refractivity contribution in [1.29, 1.82) is 0 Å². The third-order valence-corrected chi connectivity index (χ3v) is 2.70. The summed E-state index contributed by atoms with van der Waals surface area (Å²) < 4.78 is 5.07. The number of hydrogen-bond acceptors (Lipinski definition) is 3. The molecule has 0 atom stereocenters. The largest absolute Gasteiger partial charge is 0.497 e. The van der Waals surface area contributed by atoms with Crippen LogP contribution in [0.4, 0.5) is 0 Å². The Kier molecular flexibility index (Phi) is 6.87. The lowest BCUT2D eigenvalue weighted by Crippen LogP contribution is -2.24. The number of carbonyl (C=O) groups is 1. The van der Waals surface area contributed by atoms with Gasteiger partial charge in [0, 0.05) is 18.7 Å². The maximum absolute atomic E-state index is 11.8. The summed E-state index contributed by atoms with van der Waals surface area (Å²) in [6, 6.07) is 7.10. The molecule has 0 fully saturated rings. The Morgan fingerprint density at radius 3 is 2.78 bits per heavy atom. The van der Waals surface area contributed by atoms with E-state index in [1.54, 1.807) is 25.3 Å². The second-order valence-electron chi connectivity index (χ2n) is 4.13. The Balaban J connectivity index is 2.27. The Morgan fingerprint density at radius 2 is 2.06 bits per heavy atom. The minimum Gasteiger partial charge on any atom is -0.497 e. The van der Waals surface area contributed by atoms with Crippen LogP contribution < -0.4 is 10.1 Å². The summed E-state index contributed by atoms with van der Waals surface area (Å²) in [5.74, 6) is 0.613. The quantitative estimate of drug-likeness (QED) is 0.695. The van der Waals surface area contributed by atoms with Crippen LogP contribution in [0.2, 0.25) is 0 Å². The van der Waals surface area contributed by atoms with Crippen molar-refractivity contribution >= 4 is 5.91 Å². The molecule has 100 valence electrons. The molecule has 1 aromatic carbocycles. The number of aliphatic hydroxyl groups excluding tert-OH is 1. The lowest BCUT2D eigenvalue weighted by molar-refractivity contribution is 0.0952. The van der Waals surface area contributed by atoms with Crippen LogP contribution in [0.25, 0.3) is 0 Å². The van der Waals surface area contributed by atoms with Crippen LogP contribution in [0.3, 0.4) is 0 Å². The van der Waals surface area contributed by atoms with Gasteiger partial charge in [-0.2, -0.15) is 0 Å². The van der Waals surface area contributed by atoms with Gasteiger partial charge in [-0.05, 0) is 31.0 Å². The number of carbonyl (C=O) groups excluding carboxylic acids is 1. The second-order valence-corrected chi connectivity index (χ2v) is 4.13. The first-order valence-corrected chi connectivity index (χ1v) is 6.31. The van der Waals surface area contributed by atoms with E-state index in [1.165, 1.54) is 0 Å². The number of amides is 1. The van der Waals surface area contributed by atoms with E-state index in [1.807, 2.05) is 6.07 Å². The summed E-state index contributed by atoms with van der Waals surface area (Å²) in [5.41, 5.74) is 0.615. The molecule has 0 saturated heterocycles. The highest BCUT2D eigenvalue weighted by Crippen LogP contribution is 2.12. The molecule has 0 radical (unpaired) electrons. The monoisotopic (exact) mass is 251 g/mol. The average molecular weight is 251 g/mol. The lowest BCUT2D eigenvalue weighted by Gasteiger charge is -2.06. The maximum atomic E-state index is 11.8. The molecule has 0 heterocycles. The van der Waals surface area contributed by atoms with Gasteiger partial charge in [0.25, 0.3) is 5.91 Å². The van der Waals surface area contributed by atoms with Gasteiger partial charge in [-0.3, -0.25) is 4.79 Å². The van der Waals surface area contributed by atoms with Gasteiger partial charge >= 0.3 is 0 Å². The van der Waals surface area contributed by atoms with Crippen molar-refractivity contribution in [3.05, 3.63) is 29.8 Å². The van der Waals surface area contributed by atoms with E-state index in [-0.39, 0.29) is 12.5 Å². The van der Waals surface area contributed by atoms with Gasteiger partial charge in [0.15, 0.2) is 0 Å². The summed E-state index contributed by atoms with van der Waals surface area (Å²) in [4.78, 5) is 11.8. The van der Waals surface area contributed by atoms with Gasteiger partial charge < -0.3 is 15.2 Å². The van der Waals surface area contributed by atoms with Crippen LogP contribution in [-0.2, 0) is 0 Å². The number of aliphatic hydroxyl groups is 1. The Labute approximate surface area is 108 Å². The molecule has 0 aromatic heterocycles. The third-order valence-electron chi connectivity index (χ3n) is 2.70. The molecule has 0 saturated carbocycles. The van der Waals surface area contributed by atoms with E-state index in [4.69, 9.17) is 9.84 Å². The number of rotatable bonds is 8. The summed E-state index contributed by atoms with van der Waals surface area (Å²) in [5, 5.41) is 11.5. The molecule has 0 aliphatic heterocycles. The van der Waals surface area contributed by atoms with Crippen LogP contribution in [0.5, 0.6) is 5.75 Å². The minimum atomic E-state index is -0.0731. The molecule has 0 bridgehead atoms. The summed E-state index contributed by atoms with van der Waals surface area (Å²) in [6.07, 6.45) is 3.81. The van der Waals surface area contributed by atoms with Crippen LogP contribution in [0, 0.1) is 0 Å². The van der Waals surface area contributed by atoms with Crippen LogP contribution in [0.15, 0.2) is 24.3 Å². The van der Waals surface area contributed by atoms with Crippen molar-refractivity contribution in [1.82, 2.24) is 5.32 Å². The van der Waals surface area contributed by atoms with Gasteiger partial charge in [0.05, 0.1) is 7.11 Å². The van der Waals surface area contributed by atoms with Crippen LogP contribution in [-0.4, -0.2) is 31.3 Å². The lowest BCUT2D eigenvalue weighted by atomic mass is 10.2. The number of unbranched alkanes of at least 4 members (excludes halogenated alkanes) is 3. The number of hydrogen-bond donors (Lipinski definition) is 2. The van der Waals surface area contributed by atoms with Crippen LogP contribution >= 0.6 is 0 Å². The second kappa shape index (κ2) is 8.53. The minimum absolute atomic E-state index is 0.0731. The van der Waals surface area contributed by atoms with Crippen molar-refractivity contribution in [3.63, 3.8) is 0 Å². The SMILES string of the molecule is COc1cccc(C(=O)NCCCCCCO)c1. The van der Waals surface area contributed by atoms with Gasteiger partial charge in [-0.15, -0.1) is 0 Å². The summed E-state index contributed by atoms with van der Waals surface area (Å²) in [7, 11) is 1.58. The third kappa shape index (κ3) is 5.19. The zero-order chi connectivity index (χ0) is 13.2. The van der Waals surface area contributed by atoms with Crippen molar-refractivity contribution in [3.8, 4) is 5.75 Å². The normalized spacial score (nSPS) is 10.1. The van der Waals surface area contributed by atoms with E-state index < -0.39 is 0 Å². The topological polar surface area (TPSA) is 58.6 Å². The van der Waals surface area contributed by atoms with Gasteiger partial charge in [-0.25, -0.2) is 0 Å². The molecule has 18 heavy (non-hydrogen) atoms. The van der Waals surface area contributed by atoms with Gasteiger partial charge in [0.1, 0.15) is 5.75 Å². The summed E-state index contributed by atoms with van der Waals surface area (Å²) >= 11 is 0. The van der Waals surface area contributed by atoms with E-state index >= 15 is 0 Å². The smallest absolute Gasteiger partial charge is 0.251 e. The zero-order valence-corrected chi connectivity index (χ0v) is 10.8. The fourth-order valence-electron chi connectivity index (χ4n) is 1.66. The average Bonchev–Trinajstić information content (AvgIpc) is 2.42. The first-order valence-electron chi connectivity index (χ1n) is 6.31. The van der Waals surface area contributed by atoms with Crippen molar-refractivity contribution < 1.29 is 14.6 Å². The standard InChI is InChI=1S/C14H21NO3/c1-18-13-8-6-7-12(11-13)14(17)15-9-4-2-3-5-10-16/h6-8,11,16H,2-5,9-10H2,1H3,(H,15,17). The maximum Gasteiger partial charge on any atom is 0.251 e. The molecule has 1 amide bonds. The molecule has 0 aliphatic carbocycles. The number of ether oxygens (including phenoxy) is 1. The van der Waals surface area contributed by atoms with Crippen molar-refractivity contribution in [2.75, 3.05) is 20.3 Å². The Bertz CT molecular complexity index is 366. The predicted octanol–water partition coefficient (Wildman–Crippen LogP) is 1.98. The first-order chi connectivity index (χ1) is 8.77. The highest BCUT2D eigenvalue weighted by molar-refractivity contribution is 5.94. The molecule has 0 aliphatic rings. The molecular weight excluding hydrogens is 230 g/mol. The first kappa shape index (κ1) is 14.5. The Morgan fingerprint density at radius 1 is 1.28 bits per heavy atom. The van der Waals surface area contributed by atoms with E-state index in [0.717, 1.165) is 25.7 Å². The molecule has 0 unspecified atom stereocenters. The molecular formula is C14H21NO3. The molecule has 1 rings (SSSR count). The number of nitrogens with one attached hydrogen (secondary N) is 1. The summed E-state index contributed by atoms with van der Waals surface area (Å²) in [6.45, 7) is 0.914. The highest BCUT2D eigenvalue weighted by Gasteiger charge is 2.05. The van der Waals surface area contributed by atoms with Crippen LogP contribution in [0.1, 0.15) is 36.0 Å². The fourth-order valence-corrected chi connectivity index (χ4v) is 1.66. The number of methoxy groups -OCH3 is 1. The van der Waals surface area contributed by atoms with E-state index in [9.17, 15) is 4.79 Å². The highest BCUT2D eigenvalue weighted by atomic mass is 16.5.